The van der Waals surface area contributed by atoms with Crippen molar-refractivity contribution in [1.82, 2.24) is 0 Å². The Kier molecular flexibility index (Phi) is 2.76. The molecule has 0 amide bonds. The largest absolute Gasteiger partial charge is 0.375 e. The van der Waals surface area contributed by atoms with Gasteiger partial charge in [-0.3, -0.25) is 0 Å². The van der Waals surface area contributed by atoms with E-state index in [0.29, 0.717) is 0 Å². The smallest absolute Gasteiger partial charge is 0.206 e. The van der Waals surface area contributed by atoms with Gasteiger partial charge in [0.15, 0.2) is 5.83 Å². The molecule has 0 aromatic rings. The van der Waals surface area contributed by atoms with E-state index in [1.165, 1.54) is 0 Å². The lowest BCUT2D eigenvalue weighted by Gasteiger charge is -2.23. The summed E-state index contributed by atoms with van der Waals surface area (Å²) in [5, 5.41) is 0. The van der Waals surface area contributed by atoms with Crippen molar-refractivity contribution in [2.24, 2.45) is 0 Å². The van der Waals surface area contributed by atoms with E-state index < -0.39 is 24.1 Å². The normalized spacial score (nSPS) is 13.7. The molecular weight excluding hydrogens is 193 g/mol. The number of halogens is 7. The molecule has 0 atom stereocenters. The van der Waals surface area contributed by atoms with Crippen LogP contribution in [0.15, 0.2) is 12.4 Å². The van der Waals surface area contributed by atoms with Crippen LogP contribution in [0.4, 0.5) is 30.7 Å². The zero-order chi connectivity index (χ0) is 10.2. The minimum absolute atomic E-state index is 1.85. The molecule has 0 saturated carbocycles. The maximum atomic E-state index is 11.9. The molecule has 0 N–H and O–H groups in total. The van der Waals surface area contributed by atoms with Crippen LogP contribution < -0.4 is 0 Å². The third kappa shape index (κ3) is 1.54. The minimum atomic E-state index is -5.72. The van der Waals surface area contributed by atoms with Crippen LogP contribution in [-0.4, -0.2) is 18.3 Å². The molecule has 0 rings (SSSR count). The first-order valence-electron chi connectivity index (χ1n) is 2.52. The van der Waals surface area contributed by atoms with Gasteiger partial charge in [0.05, 0.1) is 0 Å². The Bertz CT molecular complexity index is 182. The SMILES string of the molecule is C=C(F)C(F)(F)C(F)(F)C(F)F. The third-order valence-corrected chi connectivity index (χ3v) is 1.03. The molecular formula is C5H3F7. The van der Waals surface area contributed by atoms with E-state index in [2.05, 4.69) is 0 Å². The fourth-order valence-electron chi connectivity index (χ4n) is 0.318. The first-order chi connectivity index (χ1) is 5.14. The topological polar surface area (TPSA) is 0 Å². The van der Waals surface area contributed by atoms with Crippen molar-refractivity contribution >= 4 is 0 Å². The van der Waals surface area contributed by atoms with Crippen LogP contribution in [0, 0.1) is 0 Å². The number of alkyl halides is 6. The van der Waals surface area contributed by atoms with Gasteiger partial charge in [-0.25, -0.2) is 13.2 Å². The summed E-state index contributed by atoms with van der Waals surface area (Å²) in [5.41, 5.74) is 0. The van der Waals surface area contributed by atoms with Crippen molar-refractivity contribution in [3.63, 3.8) is 0 Å². The highest BCUT2D eigenvalue weighted by molar-refractivity contribution is 5.06. The van der Waals surface area contributed by atoms with Crippen molar-refractivity contribution in [3.8, 4) is 0 Å². The standard InChI is InChI=1S/C5H3F7/c1-2(6)4(9,10)5(11,12)3(7)8/h3H,1H2. The molecule has 0 radical (unpaired) electrons. The van der Waals surface area contributed by atoms with Gasteiger partial charge in [-0.1, -0.05) is 6.58 Å². The van der Waals surface area contributed by atoms with Crippen molar-refractivity contribution in [2.75, 3.05) is 0 Å². The van der Waals surface area contributed by atoms with Crippen LogP contribution in [0.5, 0.6) is 0 Å². The molecule has 0 aromatic carbocycles. The Morgan fingerprint density at radius 2 is 1.42 bits per heavy atom. The average Bonchev–Trinajstić information content (AvgIpc) is 1.86. The van der Waals surface area contributed by atoms with Crippen LogP contribution in [0.2, 0.25) is 0 Å². The molecule has 0 fully saturated rings. The van der Waals surface area contributed by atoms with Crippen molar-refractivity contribution in [2.45, 2.75) is 18.3 Å². The summed E-state index contributed by atoms with van der Waals surface area (Å²) >= 11 is 0. The maximum absolute atomic E-state index is 11.9. The fourth-order valence-corrected chi connectivity index (χ4v) is 0.318. The average molecular weight is 196 g/mol. The van der Waals surface area contributed by atoms with Gasteiger partial charge in [0.25, 0.3) is 0 Å². The molecule has 0 aliphatic carbocycles. The molecule has 0 spiro atoms. The van der Waals surface area contributed by atoms with Crippen LogP contribution >= 0.6 is 0 Å². The first kappa shape index (κ1) is 11.2. The lowest BCUT2D eigenvalue weighted by Crippen LogP contribution is -2.46. The van der Waals surface area contributed by atoms with Crippen LogP contribution in [0.3, 0.4) is 0 Å². The number of allylic oxidation sites excluding steroid dienone is 1. The van der Waals surface area contributed by atoms with E-state index in [1.807, 2.05) is 6.58 Å². The molecule has 7 heteroatoms. The Labute approximate surface area is 62.7 Å². The molecule has 0 aromatic heterocycles. The molecule has 0 unspecified atom stereocenters. The summed E-state index contributed by atoms with van der Waals surface area (Å²) in [6.45, 7) is 1.85. The van der Waals surface area contributed by atoms with E-state index in [1.54, 1.807) is 0 Å². The predicted octanol–water partition coefficient (Wildman–Crippen LogP) is 3.01. The van der Waals surface area contributed by atoms with Gasteiger partial charge in [0.2, 0.25) is 0 Å². The minimum Gasteiger partial charge on any atom is -0.206 e. The van der Waals surface area contributed by atoms with Gasteiger partial charge < -0.3 is 0 Å². The molecule has 12 heavy (non-hydrogen) atoms. The monoisotopic (exact) mass is 196 g/mol. The third-order valence-electron chi connectivity index (χ3n) is 1.03. The molecule has 0 aliphatic heterocycles. The molecule has 0 nitrogen and oxygen atoms in total. The molecule has 0 aliphatic rings. The van der Waals surface area contributed by atoms with Gasteiger partial charge in [-0.05, 0) is 0 Å². The molecule has 0 saturated heterocycles. The van der Waals surface area contributed by atoms with Crippen molar-refractivity contribution in [3.05, 3.63) is 12.4 Å². The summed E-state index contributed by atoms with van der Waals surface area (Å²) in [4.78, 5) is 0. The van der Waals surface area contributed by atoms with E-state index in [4.69, 9.17) is 0 Å². The highest BCUT2D eigenvalue weighted by Crippen LogP contribution is 2.43. The van der Waals surface area contributed by atoms with E-state index in [0.717, 1.165) is 0 Å². The number of hydrogen-bond donors (Lipinski definition) is 0. The van der Waals surface area contributed by atoms with E-state index >= 15 is 0 Å². The fraction of sp³-hybridized carbons (Fsp3) is 0.600. The van der Waals surface area contributed by atoms with E-state index in [-0.39, 0.29) is 0 Å². The molecule has 72 valence electrons. The van der Waals surface area contributed by atoms with Gasteiger partial charge in [0.1, 0.15) is 0 Å². The predicted molar refractivity (Wildman–Crippen MR) is 26.1 cm³/mol. The van der Waals surface area contributed by atoms with Gasteiger partial charge in [0, 0.05) is 0 Å². The number of hydrogen-bond acceptors (Lipinski definition) is 0. The molecule has 0 bridgehead atoms. The number of rotatable bonds is 3. The van der Waals surface area contributed by atoms with E-state index in [9.17, 15) is 30.7 Å². The van der Waals surface area contributed by atoms with Gasteiger partial charge >= 0.3 is 18.3 Å². The quantitative estimate of drug-likeness (QED) is 0.608. The summed E-state index contributed by atoms with van der Waals surface area (Å²) in [7, 11) is 0. The zero-order valence-corrected chi connectivity index (χ0v) is 5.43. The van der Waals surface area contributed by atoms with Crippen LogP contribution in [0.25, 0.3) is 0 Å². The Morgan fingerprint density at radius 1 is 1.08 bits per heavy atom. The second-order valence-corrected chi connectivity index (χ2v) is 1.90. The Balaban J connectivity index is 4.88. The second-order valence-electron chi connectivity index (χ2n) is 1.90. The highest BCUT2D eigenvalue weighted by Gasteiger charge is 2.65. The zero-order valence-electron chi connectivity index (χ0n) is 5.43. The maximum Gasteiger partial charge on any atom is 0.375 e. The molecule has 0 heterocycles. The summed E-state index contributed by atoms with van der Waals surface area (Å²) in [6, 6.07) is 0. The summed E-state index contributed by atoms with van der Waals surface area (Å²) in [6.07, 6.45) is -4.64. The van der Waals surface area contributed by atoms with Gasteiger partial charge in [-0.15, -0.1) is 0 Å². The lowest BCUT2D eigenvalue weighted by molar-refractivity contribution is -0.252. The van der Waals surface area contributed by atoms with Crippen LogP contribution in [0.1, 0.15) is 0 Å². The van der Waals surface area contributed by atoms with Gasteiger partial charge in [-0.2, -0.15) is 17.6 Å². The van der Waals surface area contributed by atoms with Crippen LogP contribution in [-0.2, 0) is 0 Å². The van der Waals surface area contributed by atoms with Crippen molar-refractivity contribution < 1.29 is 30.7 Å². The van der Waals surface area contributed by atoms with Crippen molar-refractivity contribution in [1.29, 1.82) is 0 Å². The summed E-state index contributed by atoms with van der Waals surface area (Å²) < 4.78 is 81.3. The Hall–Kier alpha value is -0.750. The Morgan fingerprint density at radius 3 is 1.50 bits per heavy atom. The second kappa shape index (κ2) is 2.95. The summed E-state index contributed by atoms with van der Waals surface area (Å²) in [5.74, 6) is -14.0. The first-order valence-corrected chi connectivity index (χ1v) is 2.52. The highest BCUT2D eigenvalue weighted by atomic mass is 19.3. The lowest BCUT2D eigenvalue weighted by atomic mass is 10.1.